The van der Waals surface area contributed by atoms with Crippen LogP contribution in [0.5, 0.6) is 5.75 Å². The van der Waals surface area contributed by atoms with Crippen LogP contribution in [-0.4, -0.2) is 49.8 Å². The lowest BCUT2D eigenvalue weighted by Crippen LogP contribution is -2.53. The summed E-state index contributed by atoms with van der Waals surface area (Å²) in [5, 5.41) is 30.5. The third kappa shape index (κ3) is 3.04. The highest BCUT2D eigenvalue weighted by molar-refractivity contribution is 6.30. The van der Waals surface area contributed by atoms with Gasteiger partial charge in [-0.3, -0.25) is 9.59 Å². The van der Waals surface area contributed by atoms with Gasteiger partial charge >= 0.3 is 0 Å². The van der Waals surface area contributed by atoms with Crippen LogP contribution in [0.1, 0.15) is 42.4 Å². The van der Waals surface area contributed by atoms with E-state index in [0.717, 1.165) is 49.2 Å². The highest BCUT2D eigenvalue weighted by Crippen LogP contribution is 2.46. The number of carbonyl (C=O) groups is 2. The first-order chi connectivity index (χ1) is 17.8. The lowest BCUT2D eigenvalue weighted by atomic mass is 9.96. The Bertz CT molecular complexity index is 1780. The Labute approximate surface area is 211 Å². The minimum absolute atomic E-state index is 0.0972. The maximum absolute atomic E-state index is 13.3. The Morgan fingerprint density at radius 1 is 1.16 bits per heavy atom. The zero-order valence-corrected chi connectivity index (χ0v) is 20.3. The molecule has 9 heteroatoms. The topological polar surface area (TPSA) is 129 Å². The summed E-state index contributed by atoms with van der Waals surface area (Å²) in [6.45, 7) is 3.64. The molecule has 9 nitrogen and oxygen atoms in total. The van der Waals surface area contributed by atoms with Crippen molar-refractivity contribution in [3.8, 4) is 5.75 Å². The zero-order valence-electron chi connectivity index (χ0n) is 20.3. The normalized spacial score (nSPS) is 23.7. The van der Waals surface area contributed by atoms with Gasteiger partial charge < -0.3 is 35.1 Å². The number of aliphatic hydroxyl groups is 1. The fourth-order valence-corrected chi connectivity index (χ4v) is 6.33. The van der Waals surface area contributed by atoms with E-state index in [1.165, 1.54) is 6.92 Å². The van der Waals surface area contributed by atoms with Crippen LogP contribution in [0.2, 0.25) is 0 Å². The second kappa shape index (κ2) is 7.71. The molecule has 4 atom stereocenters. The summed E-state index contributed by atoms with van der Waals surface area (Å²) in [6.07, 6.45) is -1.62. The van der Waals surface area contributed by atoms with Gasteiger partial charge in [0.1, 0.15) is 18.1 Å². The number of phenols is 1. The van der Waals surface area contributed by atoms with E-state index in [-0.39, 0.29) is 17.6 Å². The van der Waals surface area contributed by atoms with Crippen molar-refractivity contribution in [1.82, 2.24) is 20.2 Å². The Balaban J connectivity index is 1.63. The number of benzene rings is 3. The van der Waals surface area contributed by atoms with Crippen LogP contribution in [0.4, 0.5) is 0 Å². The van der Waals surface area contributed by atoms with Gasteiger partial charge in [-0.1, -0.05) is 18.2 Å². The molecule has 4 heterocycles. The van der Waals surface area contributed by atoms with E-state index in [1.54, 1.807) is 19.1 Å². The highest BCUT2D eigenvalue weighted by Gasteiger charge is 2.39. The van der Waals surface area contributed by atoms with Crippen LogP contribution >= 0.6 is 0 Å². The van der Waals surface area contributed by atoms with Crippen molar-refractivity contribution in [2.75, 3.05) is 0 Å². The average molecular weight is 499 g/mol. The van der Waals surface area contributed by atoms with Gasteiger partial charge in [0.05, 0.1) is 34.3 Å². The number of fused-ring (bicyclic) bond motifs is 10. The number of phenolic OH excluding ortho intramolecular Hbond substituents is 1. The van der Waals surface area contributed by atoms with Gasteiger partial charge in [0.25, 0.3) is 5.91 Å². The van der Waals surface area contributed by atoms with E-state index < -0.39 is 24.5 Å². The Kier molecular flexibility index (Phi) is 4.61. The molecule has 2 aromatic heterocycles. The van der Waals surface area contributed by atoms with Gasteiger partial charge in [0.15, 0.2) is 0 Å². The van der Waals surface area contributed by atoms with Gasteiger partial charge in [-0.2, -0.15) is 0 Å². The highest BCUT2D eigenvalue weighted by atomic mass is 16.5. The first-order valence-electron chi connectivity index (χ1n) is 12.4. The summed E-state index contributed by atoms with van der Waals surface area (Å²) in [4.78, 5) is 28.8. The van der Waals surface area contributed by atoms with Gasteiger partial charge in [-0.15, -0.1) is 0 Å². The van der Waals surface area contributed by atoms with Crippen LogP contribution in [0.3, 0.4) is 0 Å². The molecule has 7 rings (SSSR count). The lowest BCUT2D eigenvalue weighted by Gasteiger charge is -2.39. The largest absolute Gasteiger partial charge is 0.508 e. The summed E-state index contributed by atoms with van der Waals surface area (Å²) in [7, 11) is 0. The zero-order chi connectivity index (χ0) is 25.6. The molecule has 2 amide bonds. The number of para-hydroxylation sites is 1. The molecule has 0 saturated carbocycles. The molecule has 5 aromatic rings. The molecule has 3 aromatic carbocycles. The molecule has 5 N–H and O–H groups in total. The van der Waals surface area contributed by atoms with E-state index in [4.69, 9.17) is 4.74 Å². The molecule has 2 aliphatic heterocycles. The maximum atomic E-state index is 13.3. The average Bonchev–Trinajstić information content (AvgIpc) is 3.52. The van der Waals surface area contributed by atoms with Crippen molar-refractivity contribution in [2.45, 2.75) is 51.3 Å². The van der Waals surface area contributed by atoms with E-state index in [0.29, 0.717) is 18.5 Å². The number of aromatic hydroxyl groups is 1. The summed E-state index contributed by atoms with van der Waals surface area (Å²) in [5.41, 5.74) is 4.94. The number of hydrogen-bond acceptors (Lipinski definition) is 5. The number of H-pyrrole nitrogens is 1. The van der Waals surface area contributed by atoms with Crippen LogP contribution < -0.4 is 10.6 Å². The molecule has 0 spiro atoms. The minimum Gasteiger partial charge on any atom is -0.508 e. The third-order valence-electron chi connectivity index (χ3n) is 7.83. The number of rotatable bonds is 2. The number of aromatic amines is 1. The standard InChI is InChI=1S/C28H26N4O5/c1-12-27(35)19(30-13(2)33)10-21(37-12)32-20-8-7-14(34)9-16(20)23-24-17(11-29-28(24)36)22-15-5-3-4-6-18(15)31-25(22)26(23)32/h3-9,12,19,21,27,31,34-35H,10-11H2,1-2H3,(H,29,36)(H,30,33). The van der Waals surface area contributed by atoms with Crippen LogP contribution in [0, 0.1) is 0 Å². The van der Waals surface area contributed by atoms with Crippen molar-refractivity contribution < 1.29 is 24.5 Å². The fraction of sp³-hybridized carbons (Fsp3) is 0.286. The van der Waals surface area contributed by atoms with Crippen LogP contribution in [-0.2, 0) is 16.1 Å². The molecule has 2 aliphatic rings. The van der Waals surface area contributed by atoms with Crippen molar-refractivity contribution >= 4 is 55.4 Å². The lowest BCUT2D eigenvalue weighted by molar-refractivity contribution is -0.152. The van der Waals surface area contributed by atoms with Crippen molar-refractivity contribution in [2.24, 2.45) is 0 Å². The van der Waals surface area contributed by atoms with E-state index >= 15 is 0 Å². The number of hydrogen-bond donors (Lipinski definition) is 5. The molecule has 188 valence electrons. The third-order valence-corrected chi connectivity index (χ3v) is 7.83. The summed E-state index contributed by atoms with van der Waals surface area (Å²) in [5.74, 6) is -0.282. The molecule has 1 fully saturated rings. The first-order valence-corrected chi connectivity index (χ1v) is 12.4. The summed E-state index contributed by atoms with van der Waals surface area (Å²) < 4.78 is 8.40. The number of nitrogens with one attached hydrogen (secondary N) is 3. The minimum atomic E-state index is -0.861. The predicted molar refractivity (Wildman–Crippen MR) is 139 cm³/mol. The predicted octanol–water partition coefficient (Wildman–Crippen LogP) is 3.55. The van der Waals surface area contributed by atoms with Gasteiger partial charge in [-0.25, -0.2) is 0 Å². The van der Waals surface area contributed by atoms with Gasteiger partial charge in [0.2, 0.25) is 5.91 Å². The monoisotopic (exact) mass is 498 g/mol. The Morgan fingerprint density at radius 2 is 1.97 bits per heavy atom. The first kappa shape index (κ1) is 22.1. The molecule has 1 saturated heterocycles. The van der Waals surface area contributed by atoms with E-state index in [2.05, 4.69) is 15.6 Å². The molecule has 37 heavy (non-hydrogen) atoms. The number of amides is 2. The van der Waals surface area contributed by atoms with Crippen LogP contribution in [0.15, 0.2) is 42.5 Å². The number of aromatic nitrogens is 2. The number of carbonyl (C=O) groups excluding carboxylic acids is 2. The summed E-state index contributed by atoms with van der Waals surface area (Å²) >= 11 is 0. The number of ether oxygens (including phenoxy) is 1. The number of nitrogens with zero attached hydrogens (tertiary/aromatic N) is 1. The molecule has 0 bridgehead atoms. The van der Waals surface area contributed by atoms with Gasteiger partial charge in [0, 0.05) is 47.0 Å². The molecular formula is C28H26N4O5. The molecule has 0 aliphatic carbocycles. The summed E-state index contributed by atoms with van der Waals surface area (Å²) in [6, 6.07) is 12.6. The maximum Gasteiger partial charge on any atom is 0.252 e. The quantitative estimate of drug-likeness (QED) is 0.254. The Hall–Kier alpha value is -4.08. The van der Waals surface area contributed by atoms with Crippen molar-refractivity contribution in [3.63, 3.8) is 0 Å². The van der Waals surface area contributed by atoms with Crippen molar-refractivity contribution in [3.05, 3.63) is 53.6 Å². The van der Waals surface area contributed by atoms with E-state index in [1.807, 2.05) is 34.9 Å². The van der Waals surface area contributed by atoms with Crippen LogP contribution in [0.25, 0.3) is 43.6 Å². The fourth-order valence-electron chi connectivity index (χ4n) is 6.33. The molecule has 4 unspecified atom stereocenters. The van der Waals surface area contributed by atoms with E-state index in [9.17, 15) is 19.8 Å². The second-order valence-electron chi connectivity index (χ2n) is 10.1. The number of aliphatic hydroxyl groups excluding tert-OH is 1. The SMILES string of the molecule is CC(=O)NC1CC(n2c3ccc(O)cc3c3c4c(c5c6ccccc6[nH]c5c32)CNC4=O)OC(C)C1O. The smallest absolute Gasteiger partial charge is 0.252 e. The van der Waals surface area contributed by atoms with Crippen molar-refractivity contribution in [1.29, 1.82) is 0 Å². The van der Waals surface area contributed by atoms with Gasteiger partial charge in [-0.05, 0) is 36.8 Å². The second-order valence-corrected chi connectivity index (χ2v) is 10.1. The Morgan fingerprint density at radius 3 is 2.78 bits per heavy atom. The molecular weight excluding hydrogens is 472 g/mol. The molecule has 0 radical (unpaired) electrons.